The van der Waals surface area contributed by atoms with Crippen LogP contribution in [0.5, 0.6) is 0 Å². The second kappa shape index (κ2) is 6.00. The zero-order chi connectivity index (χ0) is 13.8. The van der Waals surface area contributed by atoms with Gasteiger partial charge >= 0.3 is 0 Å². The van der Waals surface area contributed by atoms with Crippen molar-refractivity contribution >= 4 is 35.1 Å². The Balaban J connectivity index is 2.26. The van der Waals surface area contributed by atoms with Crippen LogP contribution < -0.4 is 0 Å². The molecule has 0 amide bonds. The van der Waals surface area contributed by atoms with Crippen LogP contribution >= 0.6 is 23.2 Å². The van der Waals surface area contributed by atoms with Gasteiger partial charge in [-0.05, 0) is 36.4 Å². The monoisotopic (exact) mass is 294 g/mol. The molecule has 0 spiro atoms. The molecule has 0 fully saturated rings. The molecule has 0 bridgehead atoms. The predicted octanol–water partition coefficient (Wildman–Crippen LogP) is 5.03. The highest BCUT2D eigenvalue weighted by Crippen LogP contribution is 2.20. The summed E-state index contributed by atoms with van der Waals surface area (Å²) in [6, 6.07) is 10.9. The Kier molecular flexibility index (Phi) is 4.35. The number of halogens is 3. The Bertz CT molecular complexity index is 630. The van der Waals surface area contributed by atoms with Crippen LogP contribution in [0.15, 0.2) is 48.5 Å². The van der Waals surface area contributed by atoms with E-state index in [0.717, 1.165) is 0 Å². The molecule has 0 unspecified atom stereocenters. The summed E-state index contributed by atoms with van der Waals surface area (Å²) >= 11 is 11.7. The quantitative estimate of drug-likeness (QED) is 0.573. The summed E-state index contributed by atoms with van der Waals surface area (Å²) in [6.07, 6.45) is 2.64. The van der Waals surface area contributed by atoms with Crippen molar-refractivity contribution in [3.63, 3.8) is 0 Å². The van der Waals surface area contributed by atoms with Crippen LogP contribution in [0.25, 0.3) is 6.08 Å². The third kappa shape index (κ3) is 3.43. The fourth-order valence-corrected chi connectivity index (χ4v) is 1.98. The largest absolute Gasteiger partial charge is 0.289 e. The summed E-state index contributed by atoms with van der Waals surface area (Å²) in [6.45, 7) is 0. The van der Waals surface area contributed by atoms with E-state index in [1.165, 1.54) is 24.3 Å². The van der Waals surface area contributed by atoms with E-state index in [2.05, 4.69) is 0 Å². The van der Waals surface area contributed by atoms with Gasteiger partial charge in [0.1, 0.15) is 5.82 Å². The van der Waals surface area contributed by atoms with Gasteiger partial charge in [-0.25, -0.2) is 4.39 Å². The van der Waals surface area contributed by atoms with E-state index in [9.17, 15) is 9.18 Å². The lowest BCUT2D eigenvalue weighted by Gasteiger charge is -2.00. The molecule has 0 atom stereocenters. The van der Waals surface area contributed by atoms with E-state index in [-0.39, 0.29) is 16.4 Å². The molecule has 2 aromatic carbocycles. The second-order valence-electron chi connectivity index (χ2n) is 3.84. The average molecular weight is 295 g/mol. The Labute approximate surface area is 120 Å². The Morgan fingerprint density at radius 1 is 1.11 bits per heavy atom. The lowest BCUT2D eigenvalue weighted by molar-refractivity contribution is 0.104. The summed E-state index contributed by atoms with van der Waals surface area (Å²) in [5.74, 6) is -0.732. The maximum Gasteiger partial charge on any atom is 0.185 e. The first-order valence-corrected chi connectivity index (χ1v) is 6.25. The number of hydrogen-bond acceptors (Lipinski definition) is 1. The standard InChI is InChI=1S/C15H9Cl2FO/c16-11-4-1-3-10(9-11)15(19)8-7-12-13(17)5-2-6-14(12)18/h1-9H/b8-7+. The summed E-state index contributed by atoms with van der Waals surface area (Å²) in [5, 5.41) is 0.735. The Hall–Kier alpha value is -1.64. The molecule has 0 aliphatic rings. The van der Waals surface area contributed by atoms with E-state index in [1.54, 1.807) is 30.3 Å². The van der Waals surface area contributed by atoms with Gasteiger partial charge in [0.25, 0.3) is 0 Å². The van der Waals surface area contributed by atoms with Crippen molar-refractivity contribution < 1.29 is 9.18 Å². The van der Waals surface area contributed by atoms with Crippen molar-refractivity contribution in [1.29, 1.82) is 0 Å². The van der Waals surface area contributed by atoms with Gasteiger partial charge < -0.3 is 0 Å². The molecule has 2 rings (SSSR count). The van der Waals surface area contributed by atoms with Crippen LogP contribution in [-0.4, -0.2) is 5.78 Å². The van der Waals surface area contributed by atoms with Crippen molar-refractivity contribution in [3.8, 4) is 0 Å². The number of allylic oxidation sites excluding steroid dienone is 1. The maximum atomic E-state index is 13.5. The smallest absolute Gasteiger partial charge is 0.185 e. The van der Waals surface area contributed by atoms with Crippen molar-refractivity contribution in [2.45, 2.75) is 0 Å². The molecule has 0 N–H and O–H groups in total. The minimum absolute atomic E-state index is 0.194. The van der Waals surface area contributed by atoms with Gasteiger partial charge in [0.15, 0.2) is 5.78 Å². The molecular weight excluding hydrogens is 286 g/mol. The van der Waals surface area contributed by atoms with Crippen LogP contribution in [0.1, 0.15) is 15.9 Å². The third-order valence-corrected chi connectivity index (χ3v) is 3.07. The molecule has 2 aromatic rings. The van der Waals surface area contributed by atoms with Gasteiger partial charge in [-0.2, -0.15) is 0 Å². The Morgan fingerprint density at radius 3 is 2.53 bits per heavy atom. The van der Waals surface area contributed by atoms with Crippen molar-refractivity contribution in [2.24, 2.45) is 0 Å². The van der Waals surface area contributed by atoms with Crippen LogP contribution in [0, 0.1) is 5.82 Å². The summed E-state index contributed by atoms with van der Waals surface area (Å²) in [4.78, 5) is 11.9. The van der Waals surface area contributed by atoms with Gasteiger partial charge in [0.2, 0.25) is 0 Å². The van der Waals surface area contributed by atoms with Gasteiger partial charge in [-0.1, -0.05) is 41.4 Å². The second-order valence-corrected chi connectivity index (χ2v) is 4.69. The van der Waals surface area contributed by atoms with E-state index >= 15 is 0 Å². The van der Waals surface area contributed by atoms with Gasteiger partial charge in [0, 0.05) is 16.1 Å². The highest BCUT2D eigenvalue weighted by atomic mass is 35.5. The minimum atomic E-state index is -0.470. The van der Waals surface area contributed by atoms with Gasteiger partial charge in [0.05, 0.1) is 5.02 Å². The molecule has 0 aliphatic carbocycles. The van der Waals surface area contributed by atoms with E-state index < -0.39 is 5.82 Å². The first kappa shape index (κ1) is 13.8. The summed E-state index contributed by atoms with van der Waals surface area (Å²) in [5.41, 5.74) is 0.635. The highest BCUT2D eigenvalue weighted by Gasteiger charge is 2.05. The zero-order valence-electron chi connectivity index (χ0n) is 9.74. The third-order valence-electron chi connectivity index (χ3n) is 2.51. The van der Waals surface area contributed by atoms with Crippen molar-refractivity contribution in [2.75, 3.05) is 0 Å². The first-order valence-electron chi connectivity index (χ1n) is 5.50. The predicted molar refractivity (Wildman–Crippen MR) is 76.2 cm³/mol. The number of benzene rings is 2. The molecule has 4 heteroatoms. The fourth-order valence-electron chi connectivity index (χ4n) is 1.57. The van der Waals surface area contributed by atoms with Crippen LogP contribution in [0.4, 0.5) is 4.39 Å². The molecule has 1 nitrogen and oxygen atoms in total. The molecule has 0 heterocycles. The normalized spacial score (nSPS) is 10.9. The SMILES string of the molecule is O=C(/C=C/c1c(F)cccc1Cl)c1cccc(Cl)c1. The average Bonchev–Trinajstić information content (AvgIpc) is 2.38. The molecule has 0 aromatic heterocycles. The molecule has 0 aliphatic heterocycles. The first-order chi connectivity index (χ1) is 9.08. The van der Waals surface area contributed by atoms with Crippen molar-refractivity contribution in [1.82, 2.24) is 0 Å². The zero-order valence-corrected chi connectivity index (χ0v) is 11.3. The van der Waals surface area contributed by atoms with E-state index in [4.69, 9.17) is 23.2 Å². The van der Waals surface area contributed by atoms with E-state index in [0.29, 0.717) is 10.6 Å². The lowest BCUT2D eigenvalue weighted by atomic mass is 10.1. The van der Waals surface area contributed by atoms with Crippen LogP contribution in [-0.2, 0) is 0 Å². The number of rotatable bonds is 3. The van der Waals surface area contributed by atoms with Crippen molar-refractivity contribution in [3.05, 3.63) is 75.5 Å². The minimum Gasteiger partial charge on any atom is -0.289 e. The highest BCUT2D eigenvalue weighted by molar-refractivity contribution is 6.32. The van der Waals surface area contributed by atoms with Crippen LogP contribution in [0.3, 0.4) is 0 Å². The fraction of sp³-hybridized carbons (Fsp3) is 0. The number of ketones is 1. The Morgan fingerprint density at radius 2 is 1.84 bits per heavy atom. The van der Waals surface area contributed by atoms with Crippen LogP contribution in [0.2, 0.25) is 10.0 Å². The molecule has 19 heavy (non-hydrogen) atoms. The molecule has 0 saturated carbocycles. The topological polar surface area (TPSA) is 17.1 Å². The van der Waals surface area contributed by atoms with Gasteiger partial charge in [-0.3, -0.25) is 4.79 Å². The maximum absolute atomic E-state index is 13.5. The molecule has 0 radical (unpaired) electrons. The molecule has 0 saturated heterocycles. The summed E-state index contributed by atoms with van der Waals surface area (Å²) in [7, 11) is 0. The number of carbonyl (C=O) groups is 1. The molecule has 96 valence electrons. The lowest BCUT2D eigenvalue weighted by Crippen LogP contribution is -1.94. The van der Waals surface area contributed by atoms with Gasteiger partial charge in [-0.15, -0.1) is 0 Å². The summed E-state index contributed by atoms with van der Waals surface area (Å²) < 4.78 is 13.5. The van der Waals surface area contributed by atoms with E-state index in [1.807, 2.05) is 0 Å². The molecular formula is C15H9Cl2FO. The number of hydrogen-bond donors (Lipinski definition) is 0. The number of carbonyl (C=O) groups excluding carboxylic acids is 1.